The summed E-state index contributed by atoms with van der Waals surface area (Å²) in [4.78, 5) is 0. The number of hydrogen-bond donors (Lipinski definition) is 3. The van der Waals surface area contributed by atoms with Gasteiger partial charge >= 0.3 is 0 Å². The Balaban J connectivity index is 2.22. The molecule has 0 fully saturated rings. The van der Waals surface area contributed by atoms with E-state index in [1.165, 1.54) is 5.56 Å². The zero-order chi connectivity index (χ0) is 16.9. The molecule has 1 heterocycles. The number of aliphatic hydroxyl groups is 1. The first-order chi connectivity index (χ1) is 11.1. The van der Waals surface area contributed by atoms with Gasteiger partial charge in [0.15, 0.2) is 0 Å². The van der Waals surface area contributed by atoms with E-state index >= 15 is 0 Å². The third kappa shape index (κ3) is 3.74. The smallest absolute Gasteiger partial charge is 0.0866 e. The largest absolute Gasteiger partial charge is 0.388 e. The molecule has 3 nitrogen and oxygen atoms in total. The van der Waals surface area contributed by atoms with Crippen LogP contribution in [0, 0.1) is 0 Å². The Hall–Kier alpha value is -1.84. The van der Waals surface area contributed by atoms with Crippen LogP contribution in [0.3, 0.4) is 0 Å². The second-order valence-electron chi connectivity index (χ2n) is 6.40. The fourth-order valence-corrected chi connectivity index (χ4v) is 3.54. The fraction of sp³-hybridized carbons (Fsp3) is 0.400. The van der Waals surface area contributed by atoms with E-state index in [9.17, 15) is 5.11 Å². The van der Waals surface area contributed by atoms with Crippen molar-refractivity contribution < 1.29 is 5.11 Å². The average molecular weight is 312 g/mol. The molecule has 0 bridgehead atoms. The number of fused-ring (bicyclic) bond motifs is 1. The van der Waals surface area contributed by atoms with Crippen LogP contribution in [0.4, 0.5) is 5.69 Å². The Kier molecular flexibility index (Phi) is 5.80. The van der Waals surface area contributed by atoms with Crippen LogP contribution in [0.15, 0.2) is 62.2 Å². The molecule has 124 valence electrons. The molecule has 1 aromatic rings. The predicted molar refractivity (Wildman–Crippen MR) is 98.6 cm³/mol. The summed E-state index contributed by atoms with van der Waals surface area (Å²) in [5.74, 6) is 0.264. The van der Waals surface area contributed by atoms with E-state index in [1.807, 2.05) is 12.1 Å². The van der Waals surface area contributed by atoms with Gasteiger partial charge in [-0.05, 0) is 37.3 Å². The molecule has 0 aromatic heterocycles. The van der Waals surface area contributed by atoms with Crippen LogP contribution in [-0.4, -0.2) is 22.8 Å². The highest BCUT2D eigenvalue weighted by Gasteiger charge is 2.38. The van der Waals surface area contributed by atoms with Crippen molar-refractivity contribution in [2.24, 2.45) is 5.73 Å². The van der Waals surface area contributed by atoms with Crippen LogP contribution in [0.25, 0.3) is 0 Å². The van der Waals surface area contributed by atoms with Crippen LogP contribution in [0.1, 0.15) is 37.2 Å². The van der Waals surface area contributed by atoms with E-state index in [4.69, 9.17) is 5.73 Å². The minimum atomic E-state index is -0.986. The lowest BCUT2D eigenvalue weighted by atomic mass is 9.79. The molecule has 1 aliphatic rings. The normalized spacial score (nSPS) is 21.1. The van der Waals surface area contributed by atoms with Gasteiger partial charge in [-0.2, -0.15) is 0 Å². The molecule has 0 saturated heterocycles. The summed E-state index contributed by atoms with van der Waals surface area (Å²) in [5.41, 5.74) is 7.87. The predicted octanol–water partition coefficient (Wildman–Crippen LogP) is 3.74. The minimum Gasteiger partial charge on any atom is -0.388 e. The fourth-order valence-electron chi connectivity index (χ4n) is 3.54. The number of nitrogens with two attached hydrogens (primary N) is 1. The number of para-hydroxylation sites is 1. The average Bonchev–Trinajstić information content (AvgIpc) is 2.86. The van der Waals surface area contributed by atoms with E-state index in [-0.39, 0.29) is 18.0 Å². The third-order valence-electron chi connectivity index (χ3n) is 4.80. The summed E-state index contributed by atoms with van der Waals surface area (Å²) < 4.78 is 0. The summed E-state index contributed by atoms with van der Waals surface area (Å²) in [5, 5.41) is 14.5. The molecule has 0 amide bonds. The van der Waals surface area contributed by atoms with Crippen LogP contribution in [0.2, 0.25) is 0 Å². The van der Waals surface area contributed by atoms with Crippen LogP contribution < -0.4 is 11.1 Å². The summed E-state index contributed by atoms with van der Waals surface area (Å²) in [6, 6.07) is 8.25. The number of rotatable bonds is 9. The Morgan fingerprint density at radius 3 is 2.43 bits per heavy atom. The quantitative estimate of drug-likeness (QED) is 0.609. The van der Waals surface area contributed by atoms with Crippen molar-refractivity contribution in [1.82, 2.24) is 0 Å². The molecular weight excluding hydrogens is 284 g/mol. The molecule has 0 radical (unpaired) electrons. The first-order valence-corrected chi connectivity index (χ1v) is 8.21. The monoisotopic (exact) mass is 312 g/mol. The number of anilines is 1. The third-order valence-corrected chi connectivity index (χ3v) is 4.80. The zero-order valence-corrected chi connectivity index (χ0v) is 13.7. The van der Waals surface area contributed by atoms with Gasteiger partial charge in [0.2, 0.25) is 0 Å². The maximum absolute atomic E-state index is 10.9. The summed E-state index contributed by atoms with van der Waals surface area (Å²) >= 11 is 0. The van der Waals surface area contributed by atoms with E-state index in [2.05, 4.69) is 43.3 Å². The van der Waals surface area contributed by atoms with Gasteiger partial charge in [-0.25, -0.2) is 0 Å². The van der Waals surface area contributed by atoms with Crippen LogP contribution in [0.5, 0.6) is 0 Å². The van der Waals surface area contributed by atoms with Gasteiger partial charge in [-0.1, -0.05) is 36.4 Å². The molecule has 0 saturated carbocycles. The Morgan fingerprint density at radius 2 is 1.83 bits per heavy atom. The maximum atomic E-state index is 10.9. The molecule has 4 N–H and O–H groups in total. The first-order valence-electron chi connectivity index (χ1n) is 8.21. The number of nitrogens with one attached hydrogen (secondary N) is 1. The van der Waals surface area contributed by atoms with Gasteiger partial charge in [0.1, 0.15) is 0 Å². The van der Waals surface area contributed by atoms with Gasteiger partial charge in [0.05, 0.1) is 5.60 Å². The Labute approximate surface area is 139 Å². The second kappa shape index (κ2) is 7.62. The van der Waals surface area contributed by atoms with E-state index in [0.29, 0.717) is 19.3 Å². The molecule has 3 atom stereocenters. The van der Waals surface area contributed by atoms with Crippen molar-refractivity contribution in [3.8, 4) is 0 Å². The van der Waals surface area contributed by atoms with Crippen molar-refractivity contribution in [2.45, 2.75) is 49.3 Å². The van der Waals surface area contributed by atoms with E-state index in [1.54, 1.807) is 12.2 Å². The summed E-state index contributed by atoms with van der Waals surface area (Å²) in [6.45, 7) is 11.4. The highest BCUT2D eigenvalue weighted by molar-refractivity contribution is 5.59. The lowest BCUT2D eigenvalue weighted by Crippen LogP contribution is -2.48. The van der Waals surface area contributed by atoms with Gasteiger partial charge in [-0.15, -0.1) is 19.7 Å². The van der Waals surface area contributed by atoms with Crippen molar-refractivity contribution in [1.29, 1.82) is 0 Å². The zero-order valence-electron chi connectivity index (χ0n) is 13.7. The van der Waals surface area contributed by atoms with Crippen LogP contribution >= 0.6 is 0 Å². The molecule has 2 rings (SSSR count). The first kappa shape index (κ1) is 17.5. The Bertz CT molecular complexity index is 557. The second-order valence-corrected chi connectivity index (χ2v) is 6.40. The van der Waals surface area contributed by atoms with Gasteiger partial charge < -0.3 is 16.2 Å². The SMILES string of the molecule is C=CC[C@H]1Nc2ccccc2[C@H]1C[C@H](N)C(O)(CC=C)CC=C. The Morgan fingerprint density at radius 1 is 1.17 bits per heavy atom. The van der Waals surface area contributed by atoms with Crippen molar-refractivity contribution in [3.05, 3.63) is 67.8 Å². The van der Waals surface area contributed by atoms with E-state index in [0.717, 1.165) is 12.1 Å². The molecule has 3 heteroatoms. The molecule has 0 aliphatic carbocycles. The lowest BCUT2D eigenvalue weighted by Gasteiger charge is -2.35. The molecule has 1 aromatic carbocycles. The highest BCUT2D eigenvalue weighted by Crippen LogP contribution is 2.41. The molecular formula is C20H28N2O. The van der Waals surface area contributed by atoms with Crippen molar-refractivity contribution in [2.75, 3.05) is 5.32 Å². The minimum absolute atomic E-state index is 0.264. The summed E-state index contributed by atoms with van der Waals surface area (Å²) in [6.07, 6.45) is 7.90. The summed E-state index contributed by atoms with van der Waals surface area (Å²) in [7, 11) is 0. The van der Waals surface area contributed by atoms with Gasteiger partial charge in [0, 0.05) is 23.7 Å². The van der Waals surface area contributed by atoms with Crippen molar-refractivity contribution in [3.63, 3.8) is 0 Å². The molecule has 23 heavy (non-hydrogen) atoms. The standard InChI is InChI=1S/C20H28N2O/c1-4-9-17-16(15-10-7-8-11-18(15)22-17)14-19(21)20(23,12-5-2)13-6-3/h4-8,10-11,16-17,19,22-23H,1-3,9,12-14,21H2/t16-,17-,19+/m1/s1. The topological polar surface area (TPSA) is 58.3 Å². The molecule has 1 aliphatic heterocycles. The number of hydrogen-bond acceptors (Lipinski definition) is 3. The van der Waals surface area contributed by atoms with Crippen LogP contribution in [-0.2, 0) is 0 Å². The lowest BCUT2D eigenvalue weighted by molar-refractivity contribution is 0.0146. The van der Waals surface area contributed by atoms with Gasteiger partial charge in [-0.3, -0.25) is 0 Å². The van der Waals surface area contributed by atoms with Crippen molar-refractivity contribution >= 4 is 5.69 Å². The highest BCUT2D eigenvalue weighted by atomic mass is 16.3. The van der Waals surface area contributed by atoms with E-state index < -0.39 is 5.60 Å². The maximum Gasteiger partial charge on any atom is 0.0866 e. The molecule has 0 unspecified atom stereocenters. The van der Waals surface area contributed by atoms with Gasteiger partial charge in [0.25, 0.3) is 0 Å². The molecule has 0 spiro atoms. The number of benzene rings is 1.